The maximum Gasteiger partial charge on any atom is 0.172 e. The Bertz CT molecular complexity index is 484. The molecule has 78 valence electrons. The summed E-state index contributed by atoms with van der Waals surface area (Å²) in [6, 6.07) is 1.72. The molecule has 0 aliphatic carbocycles. The maximum absolute atomic E-state index is 11.7. The number of carbonyl (C=O) groups is 1. The zero-order chi connectivity index (χ0) is 10.8. The van der Waals surface area contributed by atoms with Gasteiger partial charge in [0.25, 0.3) is 0 Å². The smallest absolute Gasteiger partial charge is 0.172 e. The Morgan fingerprint density at radius 2 is 2.40 bits per heavy atom. The van der Waals surface area contributed by atoms with Crippen LogP contribution in [0.5, 0.6) is 0 Å². The molecule has 2 rings (SSSR count). The van der Waals surface area contributed by atoms with E-state index in [0.29, 0.717) is 11.3 Å². The Morgan fingerprint density at radius 3 is 2.93 bits per heavy atom. The lowest BCUT2D eigenvalue weighted by atomic mass is 10.1. The predicted molar refractivity (Wildman–Crippen MR) is 52.5 cm³/mol. The lowest BCUT2D eigenvalue weighted by Crippen LogP contribution is -2.03. The fourth-order valence-electron chi connectivity index (χ4n) is 1.32. The van der Waals surface area contributed by atoms with Crippen LogP contribution < -0.4 is 0 Å². The van der Waals surface area contributed by atoms with E-state index >= 15 is 0 Å². The minimum absolute atomic E-state index is 0.00708. The van der Waals surface area contributed by atoms with Crippen LogP contribution in [0.2, 0.25) is 0 Å². The average molecular weight is 205 g/mol. The summed E-state index contributed by atoms with van der Waals surface area (Å²) in [5, 5.41) is 7.94. The molecule has 0 radical (unpaired) electrons. The minimum Gasteiger partial charge on any atom is -0.469 e. The number of aromatic nitrogens is 3. The van der Waals surface area contributed by atoms with Crippen molar-refractivity contribution in [3.8, 4) is 0 Å². The highest BCUT2D eigenvalue weighted by atomic mass is 16.3. The fraction of sp³-hybridized carbons (Fsp3) is 0.300. The standard InChI is InChI=1S/C10H11N3O2/c1-7-3-8(6-15-7)10(14)4-9-5-11-13(2)12-9/h3,5-6H,4H2,1-2H3. The van der Waals surface area contributed by atoms with Crippen LogP contribution in [0.1, 0.15) is 21.8 Å². The largest absolute Gasteiger partial charge is 0.469 e. The van der Waals surface area contributed by atoms with Crippen molar-refractivity contribution in [3.63, 3.8) is 0 Å². The number of aryl methyl sites for hydroxylation is 2. The van der Waals surface area contributed by atoms with Crippen LogP contribution in [0.15, 0.2) is 22.9 Å². The summed E-state index contributed by atoms with van der Waals surface area (Å²) in [6.45, 7) is 1.80. The number of furan rings is 1. The van der Waals surface area contributed by atoms with Crippen LogP contribution >= 0.6 is 0 Å². The van der Waals surface area contributed by atoms with E-state index in [2.05, 4.69) is 10.2 Å². The van der Waals surface area contributed by atoms with Crippen molar-refractivity contribution in [3.05, 3.63) is 35.5 Å². The number of hydrogen-bond donors (Lipinski definition) is 0. The summed E-state index contributed by atoms with van der Waals surface area (Å²) in [6.07, 6.45) is 3.31. The molecule has 2 aromatic heterocycles. The molecule has 0 bridgehead atoms. The maximum atomic E-state index is 11.7. The van der Waals surface area contributed by atoms with Crippen LogP contribution in [-0.2, 0) is 13.5 Å². The second-order valence-electron chi connectivity index (χ2n) is 3.37. The van der Waals surface area contributed by atoms with Crippen molar-refractivity contribution >= 4 is 5.78 Å². The molecule has 0 aliphatic rings. The summed E-state index contributed by atoms with van der Waals surface area (Å²) in [5.41, 5.74) is 1.25. The van der Waals surface area contributed by atoms with Crippen LogP contribution in [0.4, 0.5) is 0 Å². The number of Topliss-reactive ketones (excluding diaryl/α,β-unsaturated/α-hetero) is 1. The number of hydrogen-bond acceptors (Lipinski definition) is 4. The molecule has 0 amide bonds. The highest BCUT2D eigenvalue weighted by Gasteiger charge is 2.11. The molecule has 5 heteroatoms. The van der Waals surface area contributed by atoms with E-state index in [9.17, 15) is 4.79 Å². The molecule has 0 unspecified atom stereocenters. The Morgan fingerprint density at radius 1 is 1.60 bits per heavy atom. The summed E-state index contributed by atoms with van der Waals surface area (Å²) in [7, 11) is 1.72. The quantitative estimate of drug-likeness (QED) is 0.705. The van der Waals surface area contributed by atoms with Gasteiger partial charge in [-0.05, 0) is 13.0 Å². The topological polar surface area (TPSA) is 60.9 Å². The fourth-order valence-corrected chi connectivity index (χ4v) is 1.32. The van der Waals surface area contributed by atoms with Gasteiger partial charge in [0.2, 0.25) is 0 Å². The lowest BCUT2D eigenvalue weighted by Gasteiger charge is -1.91. The molecule has 5 nitrogen and oxygen atoms in total. The van der Waals surface area contributed by atoms with Gasteiger partial charge >= 0.3 is 0 Å². The molecule has 0 aliphatic heterocycles. The normalized spacial score (nSPS) is 10.5. The van der Waals surface area contributed by atoms with E-state index in [-0.39, 0.29) is 12.2 Å². The van der Waals surface area contributed by atoms with Crippen LogP contribution in [0.25, 0.3) is 0 Å². The van der Waals surface area contributed by atoms with Gasteiger partial charge in [-0.2, -0.15) is 15.0 Å². The molecule has 0 saturated heterocycles. The molecular weight excluding hydrogens is 194 g/mol. The van der Waals surface area contributed by atoms with Crippen LogP contribution in [0, 0.1) is 6.92 Å². The highest BCUT2D eigenvalue weighted by molar-refractivity contribution is 5.97. The van der Waals surface area contributed by atoms with Gasteiger partial charge in [0, 0.05) is 7.05 Å². The van der Waals surface area contributed by atoms with Crippen molar-refractivity contribution < 1.29 is 9.21 Å². The van der Waals surface area contributed by atoms with Gasteiger partial charge in [-0.1, -0.05) is 0 Å². The zero-order valence-corrected chi connectivity index (χ0v) is 8.60. The van der Waals surface area contributed by atoms with E-state index < -0.39 is 0 Å². The first-order chi connectivity index (χ1) is 7.15. The van der Waals surface area contributed by atoms with E-state index in [0.717, 1.165) is 5.76 Å². The van der Waals surface area contributed by atoms with E-state index in [4.69, 9.17) is 4.42 Å². The molecule has 0 N–H and O–H groups in total. The minimum atomic E-state index is -0.00708. The monoisotopic (exact) mass is 205 g/mol. The first-order valence-electron chi connectivity index (χ1n) is 4.58. The molecule has 2 heterocycles. The molecule has 15 heavy (non-hydrogen) atoms. The van der Waals surface area contributed by atoms with Crippen LogP contribution in [-0.4, -0.2) is 20.8 Å². The molecule has 2 aromatic rings. The third-order valence-electron chi connectivity index (χ3n) is 2.04. The second-order valence-corrected chi connectivity index (χ2v) is 3.37. The molecule has 0 spiro atoms. The number of nitrogens with zero attached hydrogens (tertiary/aromatic N) is 3. The SMILES string of the molecule is Cc1cc(C(=O)Cc2cnn(C)n2)co1. The Hall–Kier alpha value is -1.91. The summed E-state index contributed by atoms with van der Waals surface area (Å²) in [4.78, 5) is 13.1. The first-order valence-corrected chi connectivity index (χ1v) is 4.58. The first kappa shape index (κ1) is 9.64. The second kappa shape index (κ2) is 3.68. The van der Waals surface area contributed by atoms with Gasteiger partial charge in [-0.25, -0.2) is 0 Å². The summed E-state index contributed by atoms with van der Waals surface area (Å²) >= 11 is 0. The van der Waals surface area contributed by atoms with Crippen molar-refractivity contribution in [1.82, 2.24) is 15.0 Å². The van der Waals surface area contributed by atoms with Crippen molar-refractivity contribution in [2.75, 3.05) is 0 Å². The molecule has 0 aromatic carbocycles. The van der Waals surface area contributed by atoms with Crippen molar-refractivity contribution in [1.29, 1.82) is 0 Å². The number of carbonyl (C=O) groups excluding carboxylic acids is 1. The molecular formula is C10H11N3O2. The summed E-state index contributed by atoms with van der Waals surface area (Å²) in [5.74, 6) is 0.727. The third-order valence-corrected chi connectivity index (χ3v) is 2.04. The van der Waals surface area contributed by atoms with Gasteiger partial charge in [0.1, 0.15) is 12.0 Å². The average Bonchev–Trinajstić information content (AvgIpc) is 2.75. The molecule has 0 atom stereocenters. The van der Waals surface area contributed by atoms with Gasteiger partial charge in [-0.3, -0.25) is 4.79 Å². The lowest BCUT2D eigenvalue weighted by molar-refractivity contribution is 0.0991. The molecule has 0 fully saturated rings. The third kappa shape index (κ3) is 2.12. The Labute approximate surface area is 86.7 Å². The molecule has 0 saturated carbocycles. The van der Waals surface area contributed by atoms with Gasteiger partial charge in [0.05, 0.1) is 23.9 Å². The van der Waals surface area contributed by atoms with E-state index in [1.54, 1.807) is 26.2 Å². The van der Waals surface area contributed by atoms with Crippen molar-refractivity contribution in [2.45, 2.75) is 13.3 Å². The van der Waals surface area contributed by atoms with E-state index in [1.165, 1.54) is 11.1 Å². The van der Waals surface area contributed by atoms with Crippen LogP contribution in [0.3, 0.4) is 0 Å². The van der Waals surface area contributed by atoms with Gasteiger partial charge in [0.15, 0.2) is 5.78 Å². The van der Waals surface area contributed by atoms with Gasteiger partial charge in [-0.15, -0.1) is 0 Å². The zero-order valence-electron chi connectivity index (χ0n) is 8.60. The number of ketones is 1. The van der Waals surface area contributed by atoms with Crippen molar-refractivity contribution in [2.24, 2.45) is 7.05 Å². The van der Waals surface area contributed by atoms with E-state index in [1.807, 2.05) is 0 Å². The number of rotatable bonds is 3. The van der Waals surface area contributed by atoms with Gasteiger partial charge < -0.3 is 4.42 Å². The summed E-state index contributed by atoms with van der Waals surface area (Å²) < 4.78 is 5.07. The Kier molecular flexibility index (Phi) is 2.37. The highest BCUT2D eigenvalue weighted by Crippen LogP contribution is 2.09. The Balaban J connectivity index is 2.10. The predicted octanol–water partition coefficient (Wildman–Crippen LogP) is 1.14.